The van der Waals surface area contributed by atoms with Crippen LogP contribution in [-0.2, 0) is 0 Å². The largest absolute Gasteiger partial charge is 0.461 e. The summed E-state index contributed by atoms with van der Waals surface area (Å²) in [5.41, 5.74) is 0. The molecule has 6 heteroatoms. The summed E-state index contributed by atoms with van der Waals surface area (Å²) in [4.78, 5) is 12.3. The predicted octanol–water partition coefficient (Wildman–Crippen LogP) is 3.55. The molecule has 0 aromatic carbocycles. The molecule has 0 radical (unpaired) electrons. The maximum absolute atomic E-state index is 5.90. The van der Waals surface area contributed by atoms with Gasteiger partial charge in [-0.15, -0.1) is 0 Å². The summed E-state index contributed by atoms with van der Waals surface area (Å²) in [7, 11) is 0. The van der Waals surface area contributed by atoms with Crippen molar-refractivity contribution in [1.82, 2.24) is 15.0 Å². The first-order valence-corrected chi connectivity index (χ1v) is 7.73. The van der Waals surface area contributed by atoms with Crippen molar-refractivity contribution in [3.8, 4) is 6.01 Å². The zero-order valence-corrected chi connectivity index (χ0v) is 13.2. The number of ether oxygens (including phenoxy) is 1. The van der Waals surface area contributed by atoms with Gasteiger partial charge in [0.1, 0.15) is 0 Å². The molecule has 1 aromatic heterocycles. The second-order valence-electron chi connectivity index (χ2n) is 5.90. The summed E-state index contributed by atoms with van der Waals surface area (Å²) < 4.78 is 5.46. The van der Waals surface area contributed by atoms with E-state index in [9.17, 15) is 0 Å². The van der Waals surface area contributed by atoms with E-state index in [0.29, 0.717) is 11.9 Å². The maximum atomic E-state index is 5.90. The van der Waals surface area contributed by atoms with Crippen LogP contribution in [0, 0.1) is 11.8 Å². The highest BCUT2D eigenvalue weighted by atomic mass is 35.5. The van der Waals surface area contributed by atoms with Crippen LogP contribution in [0.1, 0.15) is 46.5 Å². The maximum Gasteiger partial charge on any atom is 0.322 e. The average molecular weight is 299 g/mol. The van der Waals surface area contributed by atoms with Crippen molar-refractivity contribution in [2.24, 2.45) is 11.8 Å². The lowest BCUT2D eigenvalue weighted by Gasteiger charge is -2.26. The third kappa shape index (κ3) is 4.78. The van der Waals surface area contributed by atoms with E-state index in [2.05, 4.69) is 27.2 Å². The Morgan fingerprint density at radius 3 is 2.80 bits per heavy atom. The topological polar surface area (TPSA) is 59.9 Å². The van der Waals surface area contributed by atoms with Crippen LogP contribution in [0.2, 0.25) is 5.28 Å². The van der Waals surface area contributed by atoms with Gasteiger partial charge < -0.3 is 10.1 Å². The number of hydrogen-bond donors (Lipinski definition) is 1. The highest BCUT2D eigenvalue weighted by Crippen LogP contribution is 2.28. The number of aromatic nitrogens is 3. The summed E-state index contributed by atoms with van der Waals surface area (Å²) in [5, 5.41) is 3.42. The normalized spacial score (nSPS) is 22.9. The van der Waals surface area contributed by atoms with Crippen LogP contribution in [0.5, 0.6) is 6.01 Å². The summed E-state index contributed by atoms with van der Waals surface area (Å²) in [6, 6.07) is 0.277. The number of nitrogens with zero attached hydrogens (tertiary/aromatic N) is 3. The molecule has 112 valence electrons. The van der Waals surface area contributed by atoms with Crippen LogP contribution >= 0.6 is 11.6 Å². The number of nitrogens with one attached hydrogen (secondary N) is 1. The second kappa shape index (κ2) is 7.07. The standard InChI is InChI=1S/C14H23ClN4O/c1-9(2)20-14-18-12(15)17-13(19-14)16-8-11-6-4-5-10(3)7-11/h9-11H,4-8H2,1-3H3,(H,16,17,18,19). The Balaban J connectivity index is 1.93. The highest BCUT2D eigenvalue weighted by Gasteiger charge is 2.19. The predicted molar refractivity (Wildman–Crippen MR) is 80.2 cm³/mol. The Labute approximate surface area is 125 Å². The molecule has 1 heterocycles. The fraction of sp³-hybridized carbons (Fsp3) is 0.786. The molecule has 0 aliphatic heterocycles. The molecular weight excluding hydrogens is 276 g/mol. The van der Waals surface area contributed by atoms with Crippen LogP contribution in [0.25, 0.3) is 0 Å². The monoisotopic (exact) mass is 298 g/mol. The van der Waals surface area contributed by atoms with Crippen molar-refractivity contribution in [2.75, 3.05) is 11.9 Å². The van der Waals surface area contributed by atoms with E-state index in [4.69, 9.17) is 16.3 Å². The minimum Gasteiger partial charge on any atom is -0.461 e. The minimum absolute atomic E-state index is 0.0144. The number of rotatable bonds is 5. The summed E-state index contributed by atoms with van der Waals surface area (Å²) in [5.74, 6) is 2.00. The van der Waals surface area contributed by atoms with Gasteiger partial charge in [-0.05, 0) is 50.1 Å². The first kappa shape index (κ1) is 15.3. The fourth-order valence-electron chi connectivity index (χ4n) is 2.66. The Hall–Kier alpha value is -1.10. The molecule has 2 unspecified atom stereocenters. The second-order valence-corrected chi connectivity index (χ2v) is 6.23. The molecule has 2 atom stereocenters. The molecule has 1 N–H and O–H groups in total. The Kier molecular flexibility index (Phi) is 5.40. The molecule has 0 saturated heterocycles. The zero-order chi connectivity index (χ0) is 14.5. The van der Waals surface area contributed by atoms with E-state index in [0.717, 1.165) is 12.5 Å². The van der Waals surface area contributed by atoms with E-state index in [1.807, 2.05) is 13.8 Å². The third-order valence-corrected chi connectivity index (χ3v) is 3.69. The SMILES string of the molecule is CC1CCCC(CNc2nc(Cl)nc(OC(C)C)n2)C1. The lowest BCUT2D eigenvalue weighted by atomic mass is 9.82. The lowest BCUT2D eigenvalue weighted by molar-refractivity contribution is 0.221. The number of halogens is 1. The summed E-state index contributed by atoms with van der Waals surface area (Å²) >= 11 is 5.90. The van der Waals surface area contributed by atoms with E-state index >= 15 is 0 Å². The van der Waals surface area contributed by atoms with Gasteiger partial charge in [-0.2, -0.15) is 15.0 Å². The van der Waals surface area contributed by atoms with Gasteiger partial charge in [0.15, 0.2) is 0 Å². The molecule has 0 amide bonds. The van der Waals surface area contributed by atoms with Gasteiger partial charge in [0, 0.05) is 6.54 Å². The molecule has 0 bridgehead atoms. The minimum atomic E-state index is 0.0144. The Bertz CT molecular complexity index is 441. The molecule has 0 spiro atoms. The molecule has 1 aliphatic carbocycles. The quantitative estimate of drug-likeness (QED) is 0.901. The smallest absolute Gasteiger partial charge is 0.322 e. The molecule has 20 heavy (non-hydrogen) atoms. The lowest BCUT2D eigenvalue weighted by Crippen LogP contribution is -2.22. The van der Waals surface area contributed by atoms with Crippen molar-refractivity contribution in [3.05, 3.63) is 5.28 Å². The van der Waals surface area contributed by atoms with Crippen molar-refractivity contribution in [2.45, 2.75) is 52.6 Å². The molecule has 5 nitrogen and oxygen atoms in total. The van der Waals surface area contributed by atoms with Crippen LogP contribution < -0.4 is 10.1 Å². The van der Waals surface area contributed by atoms with Gasteiger partial charge in [-0.3, -0.25) is 0 Å². The van der Waals surface area contributed by atoms with Crippen LogP contribution in [0.3, 0.4) is 0 Å². The Morgan fingerprint density at radius 2 is 2.10 bits per heavy atom. The first-order chi connectivity index (χ1) is 9.52. The van der Waals surface area contributed by atoms with Gasteiger partial charge in [0.2, 0.25) is 11.2 Å². The molecule has 2 rings (SSSR count). The van der Waals surface area contributed by atoms with Crippen LogP contribution in [-0.4, -0.2) is 27.6 Å². The van der Waals surface area contributed by atoms with Gasteiger partial charge in [-0.1, -0.05) is 19.8 Å². The third-order valence-electron chi connectivity index (χ3n) is 3.52. The van der Waals surface area contributed by atoms with Gasteiger partial charge >= 0.3 is 6.01 Å². The number of hydrogen-bond acceptors (Lipinski definition) is 5. The van der Waals surface area contributed by atoms with Gasteiger partial charge in [0.05, 0.1) is 6.10 Å². The van der Waals surface area contributed by atoms with Crippen molar-refractivity contribution in [3.63, 3.8) is 0 Å². The summed E-state index contributed by atoms with van der Waals surface area (Å²) in [6.07, 6.45) is 5.21. The van der Waals surface area contributed by atoms with Gasteiger partial charge in [0.25, 0.3) is 0 Å². The van der Waals surface area contributed by atoms with Crippen molar-refractivity contribution in [1.29, 1.82) is 0 Å². The fourth-order valence-corrected chi connectivity index (χ4v) is 2.81. The molecule has 1 aliphatic rings. The average Bonchev–Trinajstić information content (AvgIpc) is 2.35. The van der Waals surface area contributed by atoms with E-state index in [1.165, 1.54) is 25.7 Å². The Morgan fingerprint density at radius 1 is 1.30 bits per heavy atom. The van der Waals surface area contributed by atoms with Crippen molar-refractivity contribution < 1.29 is 4.74 Å². The van der Waals surface area contributed by atoms with Gasteiger partial charge in [-0.25, -0.2) is 0 Å². The number of anilines is 1. The van der Waals surface area contributed by atoms with Crippen LogP contribution in [0.15, 0.2) is 0 Å². The first-order valence-electron chi connectivity index (χ1n) is 7.35. The highest BCUT2D eigenvalue weighted by molar-refractivity contribution is 6.28. The zero-order valence-electron chi connectivity index (χ0n) is 12.4. The van der Waals surface area contributed by atoms with E-state index in [1.54, 1.807) is 0 Å². The molecule has 1 aromatic rings. The molecule has 1 fully saturated rings. The molecule has 1 saturated carbocycles. The van der Waals surface area contributed by atoms with Crippen LogP contribution in [0.4, 0.5) is 5.95 Å². The van der Waals surface area contributed by atoms with E-state index in [-0.39, 0.29) is 17.4 Å². The summed E-state index contributed by atoms with van der Waals surface area (Å²) in [6.45, 7) is 7.05. The van der Waals surface area contributed by atoms with E-state index < -0.39 is 0 Å². The van der Waals surface area contributed by atoms with Crippen molar-refractivity contribution >= 4 is 17.5 Å². The molecular formula is C14H23ClN4O.